The van der Waals surface area contributed by atoms with Crippen LogP contribution in [-0.4, -0.2) is 26.2 Å². The zero-order chi connectivity index (χ0) is 9.14. The first-order valence-corrected chi connectivity index (χ1v) is 3.50. The Balaban J connectivity index is 2.64. The fraction of sp³-hybridized carbons (Fsp3) is 0.667. The third-order valence-corrected chi connectivity index (χ3v) is 1.23. The first-order chi connectivity index (χ1) is 5.59. The molecule has 0 N–H and O–H groups in total. The summed E-state index contributed by atoms with van der Waals surface area (Å²) >= 11 is 0. The minimum atomic E-state index is -0.434. The highest BCUT2D eigenvalue weighted by atomic mass is 16.5. The lowest BCUT2D eigenvalue weighted by atomic mass is 10.4. The van der Waals surface area contributed by atoms with Crippen molar-refractivity contribution in [3.05, 3.63) is 5.82 Å². The summed E-state index contributed by atoms with van der Waals surface area (Å²) in [6.45, 7) is 3.03. The molecule has 1 unspecified atom stereocenters. The Kier molecular flexibility index (Phi) is 2.37. The van der Waals surface area contributed by atoms with Gasteiger partial charge in [-0.1, -0.05) is 0 Å². The molecular weight excluding hydrogens is 160 g/mol. The SMILES string of the molecule is CC(=O)OC(C)c1nnn(C)n1. The molecule has 0 aliphatic heterocycles. The van der Waals surface area contributed by atoms with Crippen molar-refractivity contribution in [1.29, 1.82) is 0 Å². The number of tetrazole rings is 1. The van der Waals surface area contributed by atoms with Crippen LogP contribution in [0.4, 0.5) is 0 Å². The van der Waals surface area contributed by atoms with Gasteiger partial charge in [0.2, 0.25) is 5.82 Å². The van der Waals surface area contributed by atoms with Crippen molar-refractivity contribution < 1.29 is 9.53 Å². The number of aryl methyl sites for hydroxylation is 1. The van der Waals surface area contributed by atoms with Gasteiger partial charge in [0.15, 0.2) is 6.10 Å². The summed E-state index contributed by atoms with van der Waals surface area (Å²) < 4.78 is 4.83. The van der Waals surface area contributed by atoms with E-state index >= 15 is 0 Å². The minimum Gasteiger partial charge on any atom is -0.454 e. The Morgan fingerprint density at radius 2 is 2.33 bits per heavy atom. The van der Waals surface area contributed by atoms with Crippen LogP contribution in [-0.2, 0) is 16.6 Å². The zero-order valence-corrected chi connectivity index (χ0v) is 7.18. The Labute approximate surface area is 69.5 Å². The van der Waals surface area contributed by atoms with Crippen LogP contribution in [0.3, 0.4) is 0 Å². The van der Waals surface area contributed by atoms with E-state index in [1.165, 1.54) is 11.7 Å². The van der Waals surface area contributed by atoms with E-state index in [0.717, 1.165) is 0 Å². The van der Waals surface area contributed by atoms with Crippen LogP contribution in [0, 0.1) is 0 Å². The minimum absolute atomic E-state index is 0.352. The Morgan fingerprint density at radius 3 is 2.75 bits per heavy atom. The van der Waals surface area contributed by atoms with Crippen molar-refractivity contribution in [1.82, 2.24) is 20.2 Å². The molecule has 0 fully saturated rings. The number of rotatable bonds is 2. The van der Waals surface area contributed by atoms with Crippen LogP contribution in [0.2, 0.25) is 0 Å². The summed E-state index contributed by atoms with van der Waals surface area (Å²) in [4.78, 5) is 11.8. The van der Waals surface area contributed by atoms with E-state index < -0.39 is 6.10 Å². The number of nitrogens with zero attached hydrogens (tertiary/aromatic N) is 4. The topological polar surface area (TPSA) is 69.9 Å². The summed E-state index contributed by atoms with van der Waals surface area (Å²) in [6.07, 6.45) is -0.434. The molecule has 0 aliphatic rings. The molecule has 0 saturated heterocycles. The predicted octanol–water partition coefficient (Wildman–Crippen LogP) is -0.166. The second-order valence-electron chi connectivity index (χ2n) is 2.39. The fourth-order valence-electron chi connectivity index (χ4n) is 0.763. The normalized spacial score (nSPS) is 12.6. The molecule has 0 radical (unpaired) electrons. The number of hydrogen-bond donors (Lipinski definition) is 0. The first-order valence-electron chi connectivity index (χ1n) is 3.50. The average Bonchev–Trinajstić information content (AvgIpc) is 2.34. The maximum Gasteiger partial charge on any atom is 0.303 e. The summed E-state index contributed by atoms with van der Waals surface area (Å²) in [6, 6.07) is 0. The van der Waals surface area contributed by atoms with Crippen LogP contribution < -0.4 is 0 Å². The number of aromatic nitrogens is 4. The number of carbonyl (C=O) groups is 1. The summed E-state index contributed by atoms with van der Waals surface area (Å²) in [5.41, 5.74) is 0. The lowest BCUT2D eigenvalue weighted by Crippen LogP contribution is -2.06. The van der Waals surface area contributed by atoms with Gasteiger partial charge in [0.05, 0.1) is 7.05 Å². The highest BCUT2D eigenvalue weighted by molar-refractivity contribution is 5.66. The molecule has 0 aliphatic carbocycles. The van der Waals surface area contributed by atoms with Gasteiger partial charge in [-0.15, -0.1) is 10.2 Å². The van der Waals surface area contributed by atoms with Crippen molar-refractivity contribution in [2.75, 3.05) is 0 Å². The maximum atomic E-state index is 10.5. The Hall–Kier alpha value is -1.46. The average molecular weight is 170 g/mol. The molecule has 66 valence electrons. The van der Waals surface area contributed by atoms with E-state index in [4.69, 9.17) is 4.74 Å². The van der Waals surface area contributed by atoms with Gasteiger partial charge in [0.25, 0.3) is 0 Å². The van der Waals surface area contributed by atoms with Crippen molar-refractivity contribution in [2.24, 2.45) is 7.05 Å². The van der Waals surface area contributed by atoms with Crippen LogP contribution in [0.15, 0.2) is 0 Å². The van der Waals surface area contributed by atoms with E-state index in [1.54, 1.807) is 14.0 Å². The Bertz CT molecular complexity index is 283. The molecule has 6 nitrogen and oxygen atoms in total. The molecule has 1 aromatic heterocycles. The van der Waals surface area contributed by atoms with E-state index in [9.17, 15) is 4.79 Å². The number of hydrogen-bond acceptors (Lipinski definition) is 5. The summed E-state index contributed by atoms with van der Waals surface area (Å²) in [5, 5.41) is 11.2. The number of carbonyl (C=O) groups excluding carboxylic acids is 1. The molecule has 6 heteroatoms. The van der Waals surface area contributed by atoms with E-state index in [2.05, 4.69) is 15.4 Å². The number of ether oxygens (including phenoxy) is 1. The standard InChI is InChI=1S/C6H10N4O2/c1-4(12-5(2)11)6-7-9-10(3)8-6/h4H,1-3H3. The lowest BCUT2D eigenvalue weighted by molar-refractivity contribution is -0.146. The molecule has 0 amide bonds. The zero-order valence-electron chi connectivity index (χ0n) is 7.18. The predicted molar refractivity (Wildman–Crippen MR) is 39.0 cm³/mol. The summed E-state index contributed by atoms with van der Waals surface area (Å²) in [7, 11) is 1.65. The maximum absolute atomic E-state index is 10.5. The molecule has 0 bridgehead atoms. The third-order valence-electron chi connectivity index (χ3n) is 1.23. The van der Waals surface area contributed by atoms with Gasteiger partial charge < -0.3 is 4.74 Å². The molecule has 1 rings (SSSR count). The highest BCUT2D eigenvalue weighted by Gasteiger charge is 2.13. The van der Waals surface area contributed by atoms with Gasteiger partial charge in [-0.3, -0.25) is 4.79 Å². The largest absolute Gasteiger partial charge is 0.454 e. The summed E-state index contributed by atoms with van der Waals surface area (Å²) in [5.74, 6) is 0.0580. The second kappa shape index (κ2) is 3.29. The molecule has 0 saturated carbocycles. The number of esters is 1. The third kappa shape index (κ3) is 2.01. The van der Waals surface area contributed by atoms with Crippen molar-refractivity contribution in [3.8, 4) is 0 Å². The van der Waals surface area contributed by atoms with Gasteiger partial charge in [-0.2, -0.15) is 4.80 Å². The first kappa shape index (κ1) is 8.63. The van der Waals surface area contributed by atoms with Crippen LogP contribution >= 0.6 is 0 Å². The second-order valence-corrected chi connectivity index (χ2v) is 2.39. The monoisotopic (exact) mass is 170 g/mol. The van der Waals surface area contributed by atoms with Crippen molar-refractivity contribution in [2.45, 2.75) is 20.0 Å². The molecule has 1 heterocycles. The van der Waals surface area contributed by atoms with Crippen LogP contribution in [0.25, 0.3) is 0 Å². The van der Waals surface area contributed by atoms with Gasteiger partial charge >= 0.3 is 5.97 Å². The van der Waals surface area contributed by atoms with E-state index in [-0.39, 0.29) is 5.97 Å². The smallest absolute Gasteiger partial charge is 0.303 e. The van der Waals surface area contributed by atoms with Gasteiger partial charge in [0, 0.05) is 6.92 Å². The van der Waals surface area contributed by atoms with E-state index in [0.29, 0.717) is 5.82 Å². The Morgan fingerprint density at radius 1 is 1.67 bits per heavy atom. The molecule has 0 spiro atoms. The van der Waals surface area contributed by atoms with Crippen LogP contribution in [0.5, 0.6) is 0 Å². The molecule has 12 heavy (non-hydrogen) atoms. The fourth-order valence-corrected chi connectivity index (χ4v) is 0.763. The quantitative estimate of drug-likeness (QED) is 0.576. The van der Waals surface area contributed by atoms with E-state index in [1.807, 2.05) is 0 Å². The van der Waals surface area contributed by atoms with Crippen LogP contribution in [0.1, 0.15) is 25.8 Å². The molecule has 1 atom stereocenters. The molecule has 1 aromatic rings. The van der Waals surface area contributed by atoms with Gasteiger partial charge in [-0.05, 0) is 12.1 Å². The molecular formula is C6H10N4O2. The molecule has 0 aromatic carbocycles. The van der Waals surface area contributed by atoms with Crippen molar-refractivity contribution in [3.63, 3.8) is 0 Å². The lowest BCUT2D eigenvalue weighted by Gasteiger charge is -2.05. The highest BCUT2D eigenvalue weighted by Crippen LogP contribution is 2.09. The van der Waals surface area contributed by atoms with Gasteiger partial charge in [0.1, 0.15) is 0 Å². The van der Waals surface area contributed by atoms with Gasteiger partial charge in [-0.25, -0.2) is 0 Å². The van der Waals surface area contributed by atoms with Crippen molar-refractivity contribution >= 4 is 5.97 Å².